The minimum atomic E-state index is -3.67. The molecular weight excluding hydrogens is 364 g/mol. The summed E-state index contributed by atoms with van der Waals surface area (Å²) in [6.45, 7) is 3.22. The summed E-state index contributed by atoms with van der Waals surface area (Å²) in [5.41, 5.74) is 0.0873. The number of cyclic esters (lactones) is 1. The van der Waals surface area contributed by atoms with Crippen molar-refractivity contribution in [2.24, 2.45) is 0 Å². The summed E-state index contributed by atoms with van der Waals surface area (Å²) in [6, 6.07) is 4.93. The molecule has 1 aromatic carbocycles. The first-order chi connectivity index (χ1) is 12.2. The SMILES string of the molecule is CC[C@@H](C)NS(=O)(=O)c1ccc(C(=O)OCC(=O)N2CCOC2=O)cc1. The van der Waals surface area contributed by atoms with Crippen LogP contribution in [-0.2, 0) is 24.3 Å². The molecule has 1 N–H and O–H groups in total. The van der Waals surface area contributed by atoms with E-state index in [2.05, 4.69) is 9.46 Å². The van der Waals surface area contributed by atoms with Crippen LogP contribution in [0.25, 0.3) is 0 Å². The number of nitrogens with zero attached hydrogens (tertiary/aromatic N) is 1. The normalized spacial score (nSPS) is 15.5. The monoisotopic (exact) mass is 384 g/mol. The van der Waals surface area contributed by atoms with Crippen LogP contribution < -0.4 is 4.72 Å². The van der Waals surface area contributed by atoms with E-state index in [1.165, 1.54) is 24.3 Å². The number of benzene rings is 1. The zero-order valence-electron chi connectivity index (χ0n) is 14.4. The Kier molecular flexibility index (Phi) is 6.32. The van der Waals surface area contributed by atoms with Crippen molar-refractivity contribution >= 4 is 28.0 Å². The molecule has 0 aliphatic carbocycles. The summed E-state index contributed by atoms with van der Waals surface area (Å²) in [5.74, 6) is -1.48. The van der Waals surface area contributed by atoms with Crippen molar-refractivity contribution < 1.29 is 32.3 Å². The van der Waals surface area contributed by atoms with E-state index >= 15 is 0 Å². The Morgan fingerprint density at radius 3 is 2.50 bits per heavy atom. The van der Waals surface area contributed by atoms with E-state index in [0.29, 0.717) is 6.42 Å². The average Bonchev–Trinajstić information content (AvgIpc) is 3.05. The second-order valence-electron chi connectivity index (χ2n) is 5.69. The van der Waals surface area contributed by atoms with Gasteiger partial charge in [-0.2, -0.15) is 0 Å². The fourth-order valence-corrected chi connectivity index (χ4v) is 3.42. The van der Waals surface area contributed by atoms with E-state index in [9.17, 15) is 22.8 Å². The van der Waals surface area contributed by atoms with E-state index in [-0.39, 0.29) is 29.7 Å². The zero-order chi connectivity index (χ0) is 19.3. The van der Waals surface area contributed by atoms with Crippen LogP contribution in [0.15, 0.2) is 29.2 Å². The Balaban J connectivity index is 1.96. The summed E-state index contributed by atoms with van der Waals surface area (Å²) in [6.07, 6.45) is -0.128. The van der Waals surface area contributed by atoms with Gasteiger partial charge in [-0.25, -0.2) is 27.6 Å². The molecule has 26 heavy (non-hydrogen) atoms. The first-order valence-corrected chi connectivity index (χ1v) is 9.49. The van der Waals surface area contributed by atoms with E-state index < -0.39 is 34.6 Å². The van der Waals surface area contributed by atoms with Crippen molar-refractivity contribution in [3.8, 4) is 0 Å². The maximum absolute atomic E-state index is 12.2. The van der Waals surface area contributed by atoms with Gasteiger partial charge in [-0.05, 0) is 37.6 Å². The van der Waals surface area contributed by atoms with E-state index in [0.717, 1.165) is 4.90 Å². The van der Waals surface area contributed by atoms with Gasteiger partial charge in [0.15, 0.2) is 6.61 Å². The lowest BCUT2D eigenvalue weighted by atomic mass is 10.2. The van der Waals surface area contributed by atoms with Gasteiger partial charge < -0.3 is 9.47 Å². The molecule has 1 saturated heterocycles. The molecule has 2 rings (SSSR count). The minimum Gasteiger partial charge on any atom is -0.452 e. The van der Waals surface area contributed by atoms with Crippen LogP contribution in [0.2, 0.25) is 0 Å². The molecule has 0 aromatic heterocycles. The third-order valence-corrected chi connectivity index (χ3v) is 5.36. The van der Waals surface area contributed by atoms with Crippen LogP contribution in [0.1, 0.15) is 30.6 Å². The topological polar surface area (TPSA) is 119 Å². The zero-order valence-corrected chi connectivity index (χ0v) is 15.2. The average molecular weight is 384 g/mol. The van der Waals surface area contributed by atoms with E-state index in [4.69, 9.17) is 4.74 Å². The van der Waals surface area contributed by atoms with Gasteiger partial charge in [0.1, 0.15) is 6.61 Å². The third-order valence-electron chi connectivity index (χ3n) is 3.76. The summed E-state index contributed by atoms with van der Waals surface area (Å²) in [4.78, 5) is 35.8. The first-order valence-electron chi connectivity index (χ1n) is 8.01. The van der Waals surface area contributed by atoms with E-state index in [1.807, 2.05) is 6.92 Å². The van der Waals surface area contributed by atoms with Gasteiger partial charge in [-0.15, -0.1) is 0 Å². The predicted octanol–water partition coefficient (Wildman–Crippen LogP) is 0.899. The number of imide groups is 1. The van der Waals surface area contributed by atoms with Gasteiger partial charge in [0.2, 0.25) is 10.0 Å². The number of hydrogen-bond donors (Lipinski definition) is 1. The Hall–Kier alpha value is -2.46. The number of sulfonamides is 1. The molecule has 2 amide bonds. The van der Waals surface area contributed by atoms with Gasteiger partial charge in [0.05, 0.1) is 17.0 Å². The maximum Gasteiger partial charge on any atom is 0.416 e. The van der Waals surface area contributed by atoms with Crippen molar-refractivity contribution in [1.82, 2.24) is 9.62 Å². The molecule has 0 spiro atoms. The van der Waals surface area contributed by atoms with Crippen molar-refractivity contribution in [2.75, 3.05) is 19.8 Å². The van der Waals surface area contributed by atoms with Crippen LogP contribution in [0, 0.1) is 0 Å². The highest BCUT2D eigenvalue weighted by Crippen LogP contribution is 2.13. The van der Waals surface area contributed by atoms with Crippen molar-refractivity contribution in [3.05, 3.63) is 29.8 Å². The van der Waals surface area contributed by atoms with Crippen LogP contribution >= 0.6 is 0 Å². The number of ether oxygens (including phenoxy) is 2. The lowest BCUT2D eigenvalue weighted by Gasteiger charge is -2.12. The first kappa shape index (κ1) is 19.9. The smallest absolute Gasteiger partial charge is 0.416 e. The van der Waals surface area contributed by atoms with Crippen LogP contribution in [-0.4, -0.2) is 57.1 Å². The van der Waals surface area contributed by atoms with Gasteiger partial charge in [-0.3, -0.25) is 4.79 Å². The number of amides is 2. The molecule has 1 heterocycles. The van der Waals surface area contributed by atoms with Gasteiger partial charge in [0, 0.05) is 6.04 Å². The van der Waals surface area contributed by atoms with Gasteiger partial charge >= 0.3 is 12.1 Å². The molecular formula is C16H20N2O7S. The highest BCUT2D eigenvalue weighted by atomic mass is 32.2. The summed E-state index contributed by atoms with van der Waals surface area (Å²) < 4.78 is 36.3. The molecule has 1 aliphatic heterocycles. The Labute approximate surface area is 151 Å². The lowest BCUT2D eigenvalue weighted by Crippen LogP contribution is -2.35. The van der Waals surface area contributed by atoms with E-state index in [1.54, 1.807) is 6.92 Å². The number of rotatable bonds is 7. The molecule has 0 radical (unpaired) electrons. The molecule has 9 nitrogen and oxygen atoms in total. The number of nitrogens with one attached hydrogen (secondary N) is 1. The Bertz CT molecular complexity index is 789. The predicted molar refractivity (Wildman–Crippen MR) is 89.9 cm³/mol. The Morgan fingerprint density at radius 1 is 1.31 bits per heavy atom. The molecule has 1 aliphatic rings. The summed E-state index contributed by atoms with van der Waals surface area (Å²) in [7, 11) is -3.67. The lowest BCUT2D eigenvalue weighted by molar-refractivity contribution is -0.131. The second kappa shape index (κ2) is 8.28. The van der Waals surface area contributed by atoms with Crippen molar-refractivity contribution in [3.63, 3.8) is 0 Å². The van der Waals surface area contributed by atoms with Crippen molar-refractivity contribution in [2.45, 2.75) is 31.2 Å². The van der Waals surface area contributed by atoms with Crippen LogP contribution in [0.3, 0.4) is 0 Å². The number of carbonyl (C=O) groups is 3. The maximum atomic E-state index is 12.2. The van der Waals surface area contributed by atoms with Crippen LogP contribution in [0.4, 0.5) is 4.79 Å². The molecule has 1 fully saturated rings. The quantitative estimate of drug-likeness (QED) is 0.694. The Morgan fingerprint density at radius 2 is 1.96 bits per heavy atom. The number of carbonyl (C=O) groups excluding carboxylic acids is 3. The highest BCUT2D eigenvalue weighted by Gasteiger charge is 2.29. The molecule has 0 unspecified atom stereocenters. The standard InChI is InChI=1S/C16H20N2O7S/c1-3-11(2)17-26(22,23)13-6-4-12(5-7-13)15(20)25-10-14(19)18-8-9-24-16(18)21/h4-7,11,17H,3,8-10H2,1-2H3/t11-/m1/s1. The fourth-order valence-electron chi connectivity index (χ4n) is 2.09. The molecule has 1 atom stereocenters. The highest BCUT2D eigenvalue weighted by molar-refractivity contribution is 7.89. The molecule has 142 valence electrons. The number of esters is 1. The third kappa shape index (κ3) is 4.79. The largest absolute Gasteiger partial charge is 0.452 e. The summed E-state index contributed by atoms with van der Waals surface area (Å²) in [5, 5.41) is 0. The molecule has 0 saturated carbocycles. The second-order valence-corrected chi connectivity index (χ2v) is 7.40. The van der Waals surface area contributed by atoms with Gasteiger partial charge in [0.25, 0.3) is 5.91 Å². The van der Waals surface area contributed by atoms with Gasteiger partial charge in [-0.1, -0.05) is 6.92 Å². The molecule has 0 bridgehead atoms. The van der Waals surface area contributed by atoms with Crippen LogP contribution in [0.5, 0.6) is 0 Å². The van der Waals surface area contributed by atoms with Crippen molar-refractivity contribution in [1.29, 1.82) is 0 Å². The summed E-state index contributed by atoms with van der Waals surface area (Å²) >= 11 is 0. The fraction of sp³-hybridized carbons (Fsp3) is 0.438. The number of hydrogen-bond acceptors (Lipinski definition) is 7. The molecule has 1 aromatic rings. The minimum absolute atomic E-state index is 0.0187. The molecule has 10 heteroatoms.